The second kappa shape index (κ2) is 7.17. The highest BCUT2D eigenvalue weighted by molar-refractivity contribution is 5.79. The lowest BCUT2D eigenvalue weighted by Gasteiger charge is -2.08. The molecule has 1 aliphatic heterocycles. The Labute approximate surface area is 108 Å². The molecule has 1 aromatic carbocycles. The zero-order valence-corrected chi connectivity index (χ0v) is 10.6. The van der Waals surface area contributed by atoms with Gasteiger partial charge in [-0.25, -0.2) is 0 Å². The van der Waals surface area contributed by atoms with Gasteiger partial charge in [0.25, 0.3) is 0 Å². The maximum absolute atomic E-state index is 11.6. The smallest absolute Gasteiger partial charge is 0.170 e. The molecule has 1 aliphatic rings. The summed E-state index contributed by atoms with van der Waals surface area (Å²) in [6, 6.07) is 9.45. The Balaban J connectivity index is 1.57. The molecule has 3 nitrogen and oxygen atoms in total. The number of hydrogen-bond donors (Lipinski definition) is 0. The summed E-state index contributed by atoms with van der Waals surface area (Å²) in [7, 11) is 0. The van der Waals surface area contributed by atoms with Gasteiger partial charge in [0.1, 0.15) is 12.4 Å². The highest BCUT2D eigenvalue weighted by Crippen LogP contribution is 2.17. The average Bonchev–Trinajstić information content (AvgIpc) is 2.91. The van der Waals surface area contributed by atoms with E-state index in [4.69, 9.17) is 9.47 Å². The van der Waals surface area contributed by atoms with Gasteiger partial charge < -0.3 is 9.47 Å². The third kappa shape index (κ3) is 4.49. The zero-order valence-electron chi connectivity index (χ0n) is 10.6. The molecule has 1 unspecified atom stereocenters. The average molecular weight is 248 g/mol. The first-order valence-electron chi connectivity index (χ1n) is 6.66. The standard InChI is InChI=1S/C15H20O3/c16-13(6-4-9-14-10-5-11-17-14)12-18-15-7-2-1-3-8-15/h1-3,7-8,14H,4-6,9-12H2. The molecular formula is C15H20O3. The van der Waals surface area contributed by atoms with Crippen LogP contribution in [-0.2, 0) is 9.53 Å². The first-order valence-corrected chi connectivity index (χ1v) is 6.66. The second-order valence-electron chi connectivity index (χ2n) is 4.67. The van der Waals surface area contributed by atoms with Crippen LogP contribution in [0, 0.1) is 0 Å². The van der Waals surface area contributed by atoms with E-state index in [0.29, 0.717) is 12.5 Å². The van der Waals surface area contributed by atoms with Crippen LogP contribution >= 0.6 is 0 Å². The monoisotopic (exact) mass is 248 g/mol. The van der Waals surface area contributed by atoms with Crippen LogP contribution < -0.4 is 4.74 Å². The molecule has 0 aliphatic carbocycles. The van der Waals surface area contributed by atoms with E-state index in [9.17, 15) is 4.79 Å². The molecule has 0 radical (unpaired) electrons. The number of ether oxygens (including phenoxy) is 2. The minimum absolute atomic E-state index is 0.164. The molecule has 0 amide bonds. The van der Waals surface area contributed by atoms with Crippen LogP contribution in [0.2, 0.25) is 0 Å². The first-order chi connectivity index (χ1) is 8.84. The van der Waals surface area contributed by atoms with Gasteiger partial charge in [-0.15, -0.1) is 0 Å². The van der Waals surface area contributed by atoms with Crippen LogP contribution in [0.5, 0.6) is 5.75 Å². The van der Waals surface area contributed by atoms with Crippen molar-refractivity contribution in [2.45, 2.75) is 38.2 Å². The quantitative estimate of drug-likeness (QED) is 0.744. The van der Waals surface area contributed by atoms with Gasteiger partial charge in [0.15, 0.2) is 5.78 Å². The molecule has 1 heterocycles. The van der Waals surface area contributed by atoms with Crippen molar-refractivity contribution in [3.63, 3.8) is 0 Å². The zero-order chi connectivity index (χ0) is 12.6. The molecule has 0 spiro atoms. The van der Waals surface area contributed by atoms with Gasteiger partial charge in [0.2, 0.25) is 0 Å². The molecule has 0 N–H and O–H groups in total. The SMILES string of the molecule is O=C(CCCC1CCCO1)COc1ccccc1. The Hall–Kier alpha value is -1.35. The first kappa shape index (κ1) is 13.1. The molecule has 0 bridgehead atoms. The van der Waals surface area contributed by atoms with Crippen LogP contribution in [-0.4, -0.2) is 25.1 Å². The van der Waals surface area contributed by atoms with Crippen molar-refractivity contribution in [2.75, 3.05) is 13.2 Å². The lowest BCUT2D eigenvalue weighted by atomic mass is 10.1. The summed E-state index contributed by atoms with van der Waals surface area (Å²) in [5.41, 5.74) is 0. The Morgan fingerprint density at radius 1 is 1.33 bits per heavy atom. The van der Waals surface area contributed by atoms with Gasteiger partial charge in [0.05, 0.1) is 6.10 Å². The van der Waals surface area contributed by atoms with E-state index in [1.807, 2.05) is 30.3 Å². The number of ketones is 1. The van der Waals surface area contributed by atoms with Crippen LogP contribution in [0.3, 0.4) is 0 Å². The van der Waals surface area contributed by atoms with E-state index in [-0.39, 0.29) is 12.4 Å². The second-order valence-corrected chi connectivity index (χ2v) is 4.67. The van der Waals surface area contributed by atoms with Gasteiger partial charge in [0, 0.05) is 13.0 Å². The van der Waals surface area contributed by atoms with Crippen molar-refractivity contribution in [1.82, 2.24) is 0 Å². The van der Waals surface area contributed by atoms with Crippen LogP contribution in [0.15, 0.2) is 30.3 Å². The lowest BCUT2D eigenvalue weighted by molar-refractivity contribution is -0.121. The van der Waals surface area contributed by atoms with Crippen molar-refractivity contribution in [1.29, 1.82) is 0 Å². The van der Waals surface area contributed by atoms with Gasteiger partial charge in [-0.2, -0.15) is 0 Å². The fourth-order valence-corrected chi connectivity index (χ4v) is 2.15. The maximum Gasteiger partial charge on any atom is 0.170 e. The Morgan fingerprint density at radius 2 is 2.17 bits per heavy atom. The summed E-state index contributed by atoms with van der Waals surface area (Å²) in [5.74, 6) is 0.918. The van der Waals surface area contributed by atoms with Gasteiger partial charge in [-0.05, 0) is 37.8 Å². The number of para-hydroxylation sites is 1. The molecular weight excluding hydrogens is 228 g/mol. The van der Waals surface area contributed by atoms with Crippen molar-refractivity contribution in [2.24, 2.45) is 0 Å². The molecule has 1 fully saturated rings. The van der Waals surface area contributed by atoms with Crippen LogP contribution in [0.1, 0.15) is 32.1 Å². The van der Waals surface area contributed by atoms with E-state index in [1.165, 1.54) is 0 Å². The number of carbonyl (C=O) groups excluding carboxylic acids is 1. The number of benzene rings is 1. The molecule has 1 aromatic rings. The fraction of sp³-hybridized carbons (Fsp3) is 0.533. The predicted octanol–water partition coefficient (Wildman–Crippen LogP) is 2.98. The summed E-state index contributed by atoms with van der Waals surface area (Å²) < 4.78 is 10.9. The summed E-state index contributed by atoms with van der Waals surface area (Å²) in [6.07, 6.45) is 5.18. The van der Waals surface area contributed by atoms with Gasteiger partial charge in [-0.1, -0.05) is 18.2 Å². The predicted molar refractivity (Wildman–Crippen MR) is 69.8 cm³/mol. The number of hydrogen-bond acceptors (Lipinski definition) is 3. The minimum atomic E-state index is 0.164. The Bertz CT molecular complexity index is 355. The summed E-state index contributed by atoms with van der Waals surface area (Å²) >= 11 is 0. The van der Waals surface area contributed by atoms with E-state index in [1.54, 1.807) is 0 Å². The minimum Gasteiger partial charge on any atom is -0.486 e. The van der Waals surface area contributed by atoms with E-state index in [0.717, 1.165) is 38.0 Å². The molecule has 0 aromatic heterocycles. The number of rotatable bonds is 7. The summed E-state index contributed by atoms with van der Waals surface area (Å²) in [5, 5.41) is 0. The molecule has 0 saturated carbocycles. The van der Waals surface area contributed by atoms with Gasteiger partial charge in [-0.3, -0.25) is 4.79 Å². The molecule has 3 heteroatoms. The fourth-order valence-electron chi connectivity index (χ4n) is 2.15. The normalized spacial score (nSPS) is 18.8. The van der Waals surface area contributed by atoms with Crippen molar-refractivity contribution in [3.05, 3.63) is 30.3 Å². The Kier molecular flexibility index (Phi) is 5.21. The van der Waals surface area contributed by atoms with Crippen molar-refractivity contribution >= 4 is 5.78 Å². The summed E-state index contributed by atoms with van der Waals surface area (Å²) in [4.78, 5) is 11.6. The van der Waals surface area contributed by atoms with Gasteiger partial charge >= 0.3 is 0 Å². The van der Waals surface area contributed by atoms with Crippen LogP contribution in [0.4, 0.5) is 0 Å². The van der Waals surface area contributed by atoms with E-state index in [2.05, 4.69) is 0 Å². The third-order valence-corrected chi connectivity index (χ3v) is 3.15. The molecule has 2 rings (SSSR count). The molecule has 98 valence electrons. The summed E-state index contributed by atoms with van der Waals surface area (Å²) in [6.45, 7) is 1.06. The lowest BCUT2D eigenvalue weighted by Crippen LogP contribution is -2.12. The highest BCUT2D eigenvalue weighted by Gasteiger charge is 2.15. The van der Waals surface area contributed by atoms with Crippen molar-refractivity contribution in [3.8, 4) is 5.75 Å². The Morgan fingerprint density at radius 3 is 2.89 bits per heavy atom. The maximum atomic E-state index is 11.6. The third-order valence-electron chi connectivity index (χ3n) is 3.15. The highest BCUT2D eigenvalue weighted by atomic mass is 16.5. The topological polar surface area (TPSA) is 35.5 Å². The van der Waals surface area contributed by atoms with Crippen LogP contribution in [0.25, 0.3) is 0 Å². The largest absolute Gasteiger partial charge is 0.486 e. The molecule has 1 saturated heterocycles. The molecule has 1 atom stereocenters. The number of carbonyl (C=O) groups is 1. The van der Waals surface area contributed by atoms with E-state index >= 15 is 0 Å². The molecule has 18 heavy (non-hydrogen) atoms. The van der Waals surface area contributed by atoms with E-state index < -0.39 is 0 Å². The number of Topliss-reactive ketones (excluding diaryl/α,β-unsaturated/α-hetero) is 1. The van der Waals surface area contributed by atoms with Crippen molar-refractivity contribution < 1.29 is 14.3 Å².